The fourth-order valence-corrected chi connectivity index (χ4v) is 2.82. The molecule has 29 heavy (non-hydrogen) atoms. The lowest BCUT2D eigenvalue weighted by molar-refractivity contribution is 0.193. The normalized spacial score (nSPS) is 11.8. The number of nitrogens with one attached hydrogen (secondary N) is 1. The molecule has 4 rings (SSSR count). The van der Waals surface area contributed by atoms with Crippen LogP contribution in [-0.4, -0.2) is 41.3 Å². The third-order valence-electron chi connectivity index (χ3n) is 4.00. The van der Waals surface area contributed by atoms with Gasteiger partial charge in [0.1, 0.15) is 18.2 Å². The van der Waals surface area contributed by atoms with Crippen molar-refractivity contribution >= 4 is 23.2 Å². The molecule has 1 atom stereocenters. The SMILES string of the molecule is C[C@@H](Cn1cnnn1)Oc1cc(-c2cnc(Nc3cccnc3)nc2)ccc1Cl. The molecule has 10 heteroatoms. The minimum absolute atomic E-state index is 0.173. The number of halogens is 1. The number of nitrogens with zero attached hydrogens (tertiary/aromatic N) is 7. The third kappa shape index (κ3) is 4.82. The summed E-state index contributed by atoms with van der Waals surface area (Å²) in [4.78, 5) is 12.8. The number of pyridine rings is 1. The Kier molecular flexibility index (Phi) is 5.57. The maximum Gasteiger partial charge on any atom is 0.227 e. The van der Waals surface area contributed by atoms with E-state index < -0.39 is 0 Å². The maximum atomic E-state index is 6.31. The van der Waals surface area contributed by atoms with Crippen molar-refractivity contribution in [1.82, 2.24) is 35.2 Å². The van der Waals surface area contributed by atoms with Gasteiger partial charge in [-0.15, -0.1) is 5.10 Å². The monoisotopic (exact) mass is 408 g/mol. The van der Waals surface area contributed by atoms with E-state index in [4.69, 9.17) is 16.3 Å². The molecule has 0 aliphatic heterocycles. The Morgan fingerprint density at radius 3 is 2.72 bits per heavy atom. The van der Waals surface area contributed by atoms with Crippen LogP contribution >= 0.6 is 11.6 Å². The van der Waals surface area contributed by atoms with E-state index in [1.54, 1.807) is 35.5 Å². The van der Waals surface area contributed by atoms with Crippen LogP contribution in [-0.2, 0) is 6.54 Å². The Hall–Kier alpha value is -3.59. The van der Waals surface area contributed by atoms with Crippen LogP contribution in [0.25, 0.3) is 11.1 Å². The zero-order valence-corrected chi connectivity index (χ0v) is 16.2. The number of tetrazole rings is 1. The molecule has 0 radical (unpaired) electrons. The van der Waals surface area contributed by atoms with Crippen LogP contribution in [0.15, 0.2) is 61.4 Å². The molecule has 0 spiro atoms. The second-order valence-corrected chi connectivity index (χ2v) is 6.67. The van der Waals surface area contributed by atoms with Crippen molar-refractivity contribution in [3.8, 4) is 16.9 Å². The van der Waals surface area contributed by atoms with Crippen LogP contribution in [0.1, 0.15) is 6.92 Å². The fraction of sp³-hybridized carbons (Fsp3) is 0.158. The Labute approximate surface area is 171 Å². The molecule has 3 heterocycles. The molecule has 1 N–H and O–H groups in total. The summed E-state index contributed by atoms with van der Waals surface area (Å²) in [7, 11) is 0. The molecule has 0 bridgehead atoms. The predicted octanol–water partition coefficient (Wildman–Crippen LogP) is 3.39. The summed E-state index contributed by atoms with van der Waals surface area (Å²) >= 11 is 6.31. The minimum Gasteiger partial charge on any atom is -0.487 e. The van der Waals surface area contributed by atoms with Crippen molar-refractivity contribution < 1.29 is 4.74 Å². The highest BCUT2D eigenvalue weighted by Gasteiger charge is 2.11. The molecule has 0 aliphatic carbocycles. The molecular weight excluding hydrogens is 392 g/mol. The van der Waals surface area contributed by atoms with Crippen LogP contribution in [0.5, 0.6) is 5.75 Å². The summed E-state index contributed by atoms with van der Waals surface area (Å²) in [5.41, 5.74) is 2.56. The molecule has 3 aromatic heterocycles. The smallest absolute Gasteiger partial charge is 0.227 e. The number of anilines is 2. The van der Waals surface area contributed by atoms with Crippen molar-refractivity contribution in [3.63, 3.8) is 0 Å². The summed E-state index contributed by atoms with van der Waals surface area (Å²) in [6.07, 6.45) is 8.26. The molecule has 0 aliphatic rings. The Bertz CT molecular complexity index is 1060. The summed E-state index contributed by atoms with van der Waals surface area (Å²) in [5.74, 6) is 1.06. The van der Waals surface area contributed by atoms with Gasteiger partial charge in [0.15, 0.2) is 0 Å². The van der Waals surface area contributed by atoms with Gasteiger partial charge in [-0.05, 0) is 47.2 Å². The zero-order chi connectivity index (χ0) is 20.1. The van der Waals surface area contributed by atoms with E-state index in [0.717, 1.165) is 16.8 Å². The van der Waals surface area contributed by atoms with Crippen molar-refractivity contribution in [2.45, 2.75) is 19.6 Å². The molecule has 0 fully saturated rings. The number of hydrogen-bond donors (Lipinski definition) is 1. The summed E-state index contributed by atoms with van der Waals surface area (Å²) in [6, 6.07) is 9.28. The lowest BCUT2D eigenvalue weighted by atomic mass is 10.1. The van der Waals surface area contributed by atoms with Crippen LogP contribution in [0.2, 0.25) is 5.02 Å². The third-order valence-corrected chi connectivity index (χ3v) is 4.31. The van der Waals surface area contributed by atoms with Crippen LogP contribution < -0.4 is 10.1 Å². The zero-order valence-electron chi connectivity index (χ0n) is 15.5. The first-order valence-electron chi connectivity index (χ1n) is 8.84. The molecule has 1 aromatic carbocycles. The van der Waals surface area contributed by atoms with E-state index in [0.29, 0.717) is 23.3 Å². The van der Waals surface area contributed by atoms with E-state index >= 15 is 0 Å². The van der Waals surface area contributed by atoms with Gasteiger partial charge in [-0.3, -0.25) is 4.98 Å². The van der Waals surface area contributed by atoms with Gasteiger partial charge in [-0.25, -0.2) is 14.6 Å². The van der Waals surface area contributed by atoms with E-state index in [1.165, 1.54) is 6.33 Å². The first-order chi connectivity index (χ1) is 14.2. The summed E-state index contributed by atoms with van der Waals surface area (Å²) in [5, 5.41) is 14.7. The van der Waals surface area contributed by atoms with E-state index in [1.807, 2.05) is 31.2 Å². The highest BCUT2D eigenvalue weighted by molar-refractivity contribution is 6.32. The van der Waals surface area contributed by atoms with Crippen molar-refractivity contribution in [1.29, 1.82) is 0 Å². The van der Waals surface area contributed by atoms with E-state index in [2.05, 4.69) is 35.8 Å². The summed E-state index contributed by atoms with van der Waals surface area (Å²) in [6.45, 7) is 2.43. The van der Waals surface area contributed by atoms with E-state index in [9.17, 15) is 0 Å². The Balaban J connectivity index is 1.47. The molecular formula is C19H17ClN8O. The topological polar surface area (TPSA) is 104 Å². The number of hydrogen-bond acceptors (Lipinski definition) is 8. The lowest BCUT2D eigenvalue weighted by Crippen LogP contribution is -2.20. The molecule has 4 aromatic rings. The van der Waals surface area contributed by atoms with Gasteiger partial charge in [0.05, 0.1) is 23.5 Å². The fourth-order valence-electron chi connectivity index (χ4n) is 2.66. The Morgan fingerprint density at radius 1 is 1.14 bits per heavy atom. The van der Waals surface area contributed by atoms with Gasteiger partial charge in [-0.1, -0.05) is 17.7 Å². The lowest BCUT2D eigenvalue weighted by Gasteiger charge is -2.16. The number of aromatic nitrogens is 7. The molecule has 0 saturated carbocycles. The van der Waals surface area contributed by atoms with Gasteiger partial charge >= 0.3 is 0 Å². The first-order valence-corrected chi connectivity index (χ1v) is 9.21. The highest BCUT2D eigenvalue weighted by atomic mass is 35.5. The minimum atomic E-state index is -0.173. The average Bonchev–Trinajstić information content (AvgIpc) is 3.24. The molecule has 146 valence electrons. The van der Waals surface area contributed by atoms with Crippen molar-refractivity contribution in [2.75, 3.05) is 5.32 Å². The average molecular weight is 409 g/mol. The van der Waals surface area contributed by atoms with Crippen LogP contribution in [0, 0.1) is 0 Å². The molecule has 0 saturated heterocycles. The van der Waals surface area contributed by atoms with Gasteiger partial charge in [0, 0.05) is 24.2 Å². The Morgan fingerprint density at radius 2 is 2.00 bits per heavy atom. The van der Waals surface area contributed by atoms with Crippen LogP contribution in [0.4, 0.5) is 11.6 Å². The maximum absolute atomic E-state index is 6.31. The van der Waals surface area contributed by atoms with Gasteiger partial charge in [-0.2, -0.15) is 0 Å². The standard InChI is InChI=1S/C19H17ClN8O/c1-13(11-28-12-24-26-27-28)29-18-7-14(4-5-17(18)20)15-8-22-19(23-9-15)25-16-3-2-6-21-10-16/h2-10,12-13H,11H2,1H3,(H,22,23,25)/t13-/m0/s1. The second kappa shape index (κ2) is 8.61. The van der Waals surface area contributed by atoms with Crippen LogP contribution in [0.3, 0.4) is 0 Å². The molecule has 0 unspecified atom stereocenters. The quantitative estimate of drug-likeness (QED) is 0.496. The van der Waals surface area contributed by atoms with Gasteiger partial charge < -0.3 is 10.1 Å². The van der Waals surface area contributed by atoms with E-state index in [-0.39, 0.29) is 6.10 Å². The molecule has 0 amide bonds. The molecule has 9 nitrogen and oxygen atoms in total. The number of ether oxygens (including phenoxy) is 1. The first kappa shape index (κ1) is 18.8. The number of rotatable bonds is 7. The predicted molar refractivity (Wildman–Crippen MR) is 108 cm³/mol. The summed E-state index contributed by atoms with van der Waals surface area (Å²) < 4.78 is 7.58. The van der Waals surface area contributed by atoms with Gasteiger partial charge in [0.25, 0.3) is 0 Å². The second-order valence-electron chi connectivity index (χ2n) is 6.27. The van der Waals surface area contributed by atoms with Crippen molar-refractivity contribution in [3.05, 3.63) is 66.5 Å². The number of benzene rings is 1. The largest absolute Gasteiger partial charge is 0.487 e. The highest BCUT2D eigenvalue weighted by Crippen LogP contribution is 2.31. The van der Waals surface area contributed by atoms with Crippen molar-refractivity contribution in [2.24, 2.45) is 0 Å². The van der Waals surface area contributed by atoms with Gasteiger partial charge in [0.2, 0.25) is 5.95 Å².